The Labute approximate surface area is 151 Å². The molecule has 0 aromatic rings. The van der Waals surface area contributed by atoms with E-state index in [9.17, 15) is 0 Å². The van der Waals surface area contributed by atoms with Crippen LogP contribution in [0.3, 0.4) is 0 Å². The van der Waals surface area contributed by atoms with Gasteiger partial charge in [0.1, 0.15) is 0 Å². The molecule has 1 fully saturated rings. The standard InChI is InChI=1S/C20H44N4/c1-6-21-12-8-9-14-23(4)17-19-16-20(19)18-24(5)15-11-10-13-22(3)7-2/h19-21H,6-18H2,1-5H3. The van der Waals surface area contributed by atoms with E-state index in [2.05, 4.69) is 55.0 Å². The second-order valence-corrected chi connectivity index (χ2v) is 7.94. The first-order valence-corrected chi connectivity index (χ1v) is 10.3. The molecule has 1 rings (SSSR count). The zero-order valence-electron chi connectivity index (χ0n) is 17.2. The quantitative estimate of drug-likeness (QED) is 0.436. The molecule has 1 N–H and O–H groups in total. The van der Waals surface area contributed by atoms with Gasteiger partial charge in [0.05, 0.1) is 0 Å². The van der Waals surface area contributed by atoms with E-state index >= 15 is 0 Å². The molecule has 0 spiro atoms. The fourth-order valence-electron chi connectivity index (χ4n) is 3.47. The van der Waals surface area contributed by atoms with Gasteiger partial charge in [-0.2, -0.15) is 0 Å². The first-order valence-electron chi connectivity index (χ1n) is 10.3. The van der Waals surface area contributed by atoms with Crippen LogP contribution < -0.4 is 5.32 Å². The smallest absolute Gasteiger partial charge is 0.000985 e. The van der Waals surface area contributed by atoms with E-state index < -0.39 is 0 Å². The van der Waals surface area contributed by atoms with Gasteiger partial charge >= 0.3 is 0 Å². The third-order valence-corrected chi connectivity index (χ3v) is 5.42. The minimum Gasteiger partial charge on any atom is -0.317 e. The molecule has 1 saturated carbocycles. The Morgan fingerprint density at radius 3 is 1.75 bits per heavy atom. The van der Waals surface area contributed by atoms with Crippen molar-refractivity contribution in [1.29, 1.82) is 0 Å². The summed E-state index contributed by atoms with van der Waals surface area (Å²) < 4.78 is 0. The largest absolute Gasteiger partial charge is 0.317 e. The second kappa shape index (κ2) is 13.1. The lowest BCUT2D eigenvalue weighted by Gasteiger charge is -2.19. The third kappa shape index (κ3) is 10.7. The summed E-state index contributed by atoms with van der Waals surface area (Å²) >= 11 is 0. The highest BCUT2D eigenvalue weighted by Crippen LogP contribution is 2.39. The molecule has 2 atom stereocenters. The number of hydrogen-bond acceptors (Lipinski definition) is 4. The topological polar surface area (TPSA) is 21.8 Å². The fourth-order valence-corrected chi connectivity index (χ4v) is 3.47. The molecule has 4 heteroatoms. The summed E-state index contributed by atoms with van der Waals surface area (Å²) in [6.07, 6.45) is 6.75. The van der Waals surface area contributed by atoms with Crippen LogP contribution in [0.15, 0.2) is 0 Å². The van der Waals surface area contributed by atoms with E-state index in [-0.39, 0.29) is 0 Å². The molecule has 2 unspecified atom stereocenters. The van der Waals surface area contributed by atoms with Gasteiger partial charge in [0.25, 0.3) is 0 Å². The maximum atomic E-state index is 3.41. The van der Waals surface area contributed by atoms with E-state index in [4.69, 9.17) is 0 Å². The molecular weight excluding hydrogens is 296 g/mol. The maximum Gasteiger partial charge on any atom is 0.000985 e. The van der Waals surface area contributed by atoms with Crippen molar-refractivity contribution < 1.29 is 0 Å². The monoisotopic (exact) mass is 340 g/mol. The fraction of sp³-hybridized carbons (Fsp3) is 1.00. The molecule has 0 bridgehead atoms. The average Bonchev–Trinajstić information content (AvgIpc) is 3.28. The first kappa shape index (κ1) is 21.9. The molecule has 0 aliphatic heterocycles. The summed E-state index contributed by atoms with van der Waals surface area (Å²) in [4.78, 5) is 7.52. The van der Waals surface area contributed by atoms with Crippen LogP contribution in [0.1, 0.15) is 46.0 Å². The zero-order valence-corrected chi connectivity index (χ0v) is 17.2. The molecule has 144 valence electrons. The van der Waals surface area contributed by atoms with Crippen molar-refractivity contribution in [2.75, 3.05) is 73.5 Å². The molecule has 0 amide bonds. The maximum absolute atomic E-state index is 3.41. The van der Waals surface area contributed by atoms with Gasteiger partial charge in [-0.15, -0.1) is 0 Å². The number of nitrogens with zero attached hydrogens (tertiary/aromatic N) is 3. The predicted octanol–water partition coefficient (Wildman–Crippen LogP) is 2.61. The van der Waals surface area contributed by atoms with Crippen molar-refractivity contribution in [3.8, 4) is 0 Å². The van der Waals surface area contributed by atoms with Crippen LogP contribution in [0, 0.1) is 11.8 Å². The minimum atomic E-state index is 0.956. The SMILES string of the molecule is CCNCCCCN(C)CC1CC1CN(C)CCCCN(C)CC. The van der Waals surface area contributed by atoms with Gasteiger partial charge in [0, 0.05) is 13.1 Å². The Balaban J connectivity index is 1.97. The Hall–Kier alpha value is -0.160. The Morgan fingerprint density at radius 2 is 1.25 bits per heavy atom. The van der Waals surface area contributed by atoms with Crippen LogP contribution in [0.25, 0.3) is 0 Å². The van der Waals surface area contributed by atoms with Gasteiger partial charge in [-0.3, -0.25) is 0 Å². The number of unbranched alkanes of at least 4 members (excludes halogenated alkanes) is 2. The Morgan fingerprint density at radius 1 is 0.750 bits per heavy atom. The molecule has 0 saturated heterocycles. The van der Waals surface area contributed by atoms with E-state index in [0.717, 1.165) is 18.4 Å². The van der Waals surface area contributed by atoms with Crippen molar-refractivity contribution in [1.82, 2.24) is 20.0 Å². The molecule has 0 aromatic heterocycles. The summed E-state index contributed by atoms with van der Waals surface area (Å²) in [5.41, 5.74) is 0. The van der Waals surface area contributed by atoms with E-state index in [1.54, 1.807) is 0 Å². The highest BCUT2D eigenvalue weighted by atomic mass is 15.1. The van der Waals surface area contributed by atoms with Gasteiger partial charge in [-0.25, -0.2) is 0 Å². The van der Waals surface area contributed by atoms with Crippen molar-refractivity contribution in [3.63, 3.8) is 0 Å². The van der Waals surface area contributed by atoms with Crippen LogP contribution in [0.2, 0.25) is 0 Å². The molecule has 0 radical (unpaired) electrons. The van der Waals surface area contributed by atoms with Gasteiger partial charge in [0.15, 0.2) is 0 Å². The summed E-state index contributed by atoms with van der Waals surface area (Å²) in [5, 5.41) is 3.41. The van der Waals surface area contributed by atoms with E-state index in [1.807, 2.05) is 0 Å². The minimum absolute atomic E-state index is 0.956. The van der Waals surface area contributed by atoms with Crippen LogP contribution in [-0.2, 0) is 0 Å². The summed E-state index contributed by atoms with van der Waals surface area (Å²) in [7, 11) is 6.83. The molecule has 24 heavy (non-hydrogen) atoms. The normalized spacial score (nSPS) is 20.5. The van der Waals surface area contributed by atoms with E-state index in [1.165, 1.54) is 77.9 Å². The summed E-state index contributed by atoms with van der Waals surface area (Å²) in [5.74, 6) is 1.91. The van der Waals surface area contributed by atoms with Crippen molar-refractivity contribution in [2.45, 2.75) is 46.0 Å². The van der Waals surface area contributed by atoms with Gasteiger partial charge < -0.3 is 20.0 Å². The first-order chi connectivity index (χ1) is 11.6. The lowest BCUT2D eigenvalue weighted by molar-refractivity contribution is 0.271. The molecule has 1 aliphatic rings. The summed E-state index contributed by atoms with van der Waals surface area (Å²) in [6.45, 7) is 14.2. The van der Waals surface area contributed by atoms with Crippen LogP contribution >= 0.6 is 0 Å². The van der Waals surface area contributed by atoms with E-state index in [0.29, 0.717) is 0 Å². The number of nitrogens with one attached hydrogen (secondary N) is 1. The molecule has 0 aromatic carbocycles. The molecule has 0 heterocycles. The van der Waals surface area contributed by atoms with Crippen molar-refractivity contribution in [2.24, 2.45) is 11.8 Å². The lowest BCUT2D eigenvalue weighted by atomic mass is 10.2. The van der Waals surface area contributed by atoms with Gasteiger partial charge in [-0.05, 0) is 104 Å². The zero-order chi connectivity index (χ0) is 17.8. The number of rotatable bonds is 16. The highest BCUT2D eigenvalue weighted by Gasteiger charge is 2.37. The lowest BCUT2D eigenvalue weighted by Crippen LogP contribution is -2.27. The second-order valence-electron chi connectivity index (χ2n) is 7.94. The number of hydrogen-bond donors (Lipinski definition) is 1. The Bertz CT molecular complexity index is 297. The molecule has 1 aliphatic carbocycles. The van der Waals surface area contributed by atoms with Crippen molar-refractivity contribution >= 4 is 0 Å². The molecule has 4 nitrogen and oxygen atoms in total. The summed E-state index contributed by atoms with van der Waals surface area (Å²) in [6, 6.07) is 0. The third-order valence-electron chi connectivity index (χ3n) is 5.42. The van der Waals surface area contributed by atoms with Crippen LogP contribution in [-0.4, -0.2) is 88.2 Å². The Kier molecular flexibility index (Phi) is 11.9. The van der Waals surface area contributed by atoms with Crippen LogP contribution in [0.4, 0.5) is 0 Å². The van der Waals surface area contributed by atoms with Crippen LogP contribution in [0.5, 0.6) is 0 Å². The predicted molar refractivity (Wildman–Crippen MR) is 107 cm³/mol. The molecular formula is C20H44N4. The highest BCUT2D eigenvalue weighted by molar-refractivity contribution is 4.89. The average molecular weight is 341 g/mol. The van der Waals surface area contributed by atoms with Gasteiger partial charge in [-0.1, -0.05) is 13.8 Å². The van der Waals surface area contributed by atoms with Crippen molar-refractivity contribution in [3.05, 3.63) is 0 Å². The van der Waals surface area contributed by atoms with Gasteiger partial charge in [0.2, 0.25) is 0 Å².